The van der Waals surface area contributed by atoms with Crippen molar-refractivity contribution in [2.24, 2.45) is 0 Å². The molecule has 2 rings (SSSR count). The van der Waals surface area contributed by atoms with Gasteiger partial charge in [-0.3, -0.25) is 4.79 Å². The molecule has 1 heterocycles. The molecule has 88 valence electrons. The second kappa shape index (κ2) is 5.33. The van der Waals surface area contributed by atoms with E-state index in [4.69, 9.17) is 4.74 Å². The molecule has 0 fully saturated rings. The number of anilines is 1. The monoisotopic (exact) mass is 311 g/mol. The highest BCUT2D eigenvalue weighted by molar-refractivity contribution is 9.11. The molecule has 0 atom stereocenters. The average Bonchev–Trinajstić information content (AvgIpc) is 2.77. The lowest BCUT2D eigenvalue weighted by molar-refractivity contribution is 0.102. The fraction of sp³-hybridized carbons (Fsp3) is 0.0833. The van der Waals surface area contributed by atoms with Crippen LogP contribution in [0.5, 0.6) is 5.75 Å². The number of methoxy groups -OCH3 is 1. The van der Waals surface area contributed by atoms with Crippen molar-refractivity contribution in [3.05, 3.63) is 45.1 Å². The highest BCUT2D eigenvalue weighted by atomic mass is 79.9. The number of halogens is 1. The molecule has 0 aliphatic rings. The van der Waals surface area contributed by atoms with Crippen molar-refractivity contribution in [3.63, 3.8) is 0 Å². The van der Waals surface area contributed by atoms with Gasteiger partial charge in [0.1, 0.15) is 5.75 Å². The molecule has 17 heavy (non-hydrogen) atoms. The molecule has 0 aliphatic heterocycles. The normalized spacial score (nSPS) is 10.0. The summed E-state index contributed by atoms with van der Waals surface area (Å²) in [6.07, 6.45) is 0. The first-order chi connectivity index (χ1) is 8.19. The van der Waals surface area contributed by atoms with Crippen LogP contribution in [-0.4, -0.2) is 13.0 Å². The van der Waals surface area contributed by atoms with Gasteiger partial charge in [0.2, 0.25) is 0 Å². The zero-order valence-electron chi connectivity index (χ0n) is 9.07. The van der Waals surface area contributed by atoms with Gasteiger partial charge in [-0.05, 0) is 46.3 Å². The van der Waals surface area contributed by atoms with Gasteiger partial charge in [-0.2, -0.15) is 0 Å². The summed E-state index contributed by atoms with van der Waals surface area (Å²) in [7, 11) is 1.61. The van der Waals surface area contributed by atoms with E-state index in [0.29, 0.717) is 5.56 Å². The van der Waals surface area contributed by atoms with Crippen molar-refractivity contribution in [3.8, 4) is 5.75 Å². The number of ether oxygens (including phenoxy) is 1. The molecule has 0 bridgehead atoms. The van der Waals surface area contributed by atoms with Gasteiger partial charge >= 0.3 is 0 Å². The van der Waals surface area contributed by atoms with Crippen molar-refractivity contribution >= 4 is 38.9 Å². The maximum Gasteiger partial charge on any atom is 0.256 e. The van der Waals surface area contributed by atoms with Crippen LogP contribution in [0.2, 0.25) is 0 Å². The fourth-order valence-corrected chi connectivity index (χ4v) is 2.44. The molecular formula is C12H10BrNO2S. The van der Waals surface area contributed by atoms with Gasteiger partial charge in [0.15, 0.2) is 0 Å². The topological polar surface area (TPSA) is 38.3 Å². The van der Waals surface area contributed by atoms with Gasteiger partial charge in [0.25, 0.3) is 5.91 Å². The third kappa shape index (κ3) is 3.08. The molecule has 0 saturated carbocycles. The average molecular weight is 312 g/mol. The summed E-state index contributed by atoms with van der Waals surface area (Å²) in [5.74, 6) is 0.651. The number of thiophene rings is 1. The van der Waals surface area contributed by atoms with Crippen molar-refractivity contribution < 1.29 is 9.53 Å². The van der Waals surface area contributed by atoms with Crippen LogP contribution in [0, 0.1) is 0 Å². The molecular weight excluding hydrogens is 302 g/mol. The number of hydrogen-bond donors (Lipinski definition) is 1. The first-order valence-corrected chi connectivity index (χ1v) is 6.56. The van der Waals surface area contributed by atoms with E-state index in [1.165, 1.54) is 11.3 Å². The van der Waals surface area contributed by atoms with Crippen LogP contribution < -0.4 is 10.1 Å². The Labute approximate surface area is 112 Å². The summed E-state index contributed by atoms with van der Waals surface area (Å²) in [5.41, 5.74) is 1.40. The maximum absolute atomic E-state index is 11.8. The molecule has 3 nitrogen and oxygen atoms in total. The Balaban J connectivity index is 2.07. The van der Waals surface area contributed by atoms with Gasteiger partial charge in [-0.25, -0.2) is 0 Å². The SMILES string of the molecule is COc1ccc(NC(=O)c2csc(Br)c2)cc1. The number of carbonyl (C=O) groups is 1. The Morgan fingerprint density at radius 2 is 2.06 bits per heavy atom. The lowest BCUT2D eigenvalue weighted by atomic mass is 10.2. The maximum atomic E-state index is 11.8. The van der Waals surface area contributed by atoms with Gasteiger partial charge in [0.05, 0.1) is 16.5 Å². The summed E-state index contributed by atoms with van der Waals surface area (Å²) < 4.78 is 5.99. The molecule has 1 amide bonds. The van der Waals surface area contributed by atoms with Crippen molar-refractivity contribution in [2.75, 3.05) is 12.4 Å². The van der Waals surface area contributed by atoms with E-state index in [1.54, 1.807) is 37.4 Å². The minimum absolute atomic E-state index is 0.114. The number of hydrogen-bond acceptors (Lipinski definition) is 3. The van der Waals surface area contributed by atoms with Gasteiger partial charge in [-0.1, -0.05) is 0 Å². The fourth-order valence-electron chi connectivity index (χ4n) is 1.31. The number of nitrogens with one attached hydrogen (secondary N) is 1. The Morgan fingerprint density at radius 1 is 1.35 bits per heavy atom. The van der Waals surface area contributed by atoms with Crippen LogP contribution >= 0.6 is 27.3 Å². The number of carbonyl (C=O) groups excluding carboxylic acids is 1. The summed E-state index contributed by atoms with van der Waals surface area (Å²) in [5, 5.41) is 4.62. The van der Waals surface area contributed by atoms with Crippen molar-refractivity contribution in [1.29, 1.82) is 0 Å². The summed E-state index contributed by atoms with van der Waals surface area (Å²) >= 11 is 4.81. The Bertz CT molecular complexity index is 522. The van der Waals surface area contributed by atoms with Crippen molar-refractivity contribution in [2.45, 2.75) is 0 Å². The molecule has 5 heteroatoms. The summed E-state index contributed by atoms with van der Waals surface area (Å²) in [6.45, 7) is 0. The van der Waals surface area contributed by atoms with E-state index in [2.05, 4.69) is 21.2 Å². The zero-order valence-corrected chi connectivity index (χ0v) is 11.5. The second-order valence-electron chi connectivity index (χ2n) is 3.32. The molecule has 0 aliphatic carbocycles. The number of benzene rings is 1. The molecule has 1 N–H and O–H groups in total. The highest BCUT2D eigenvalue weighted by Gasteiger charge is 2.07. The molecule has 2 aromatic rings. The van der Waals surface area contributed by atoms with Crippen LogP contribution in [0.15, 0.2) is 39.5 Å². The largest absolute Gasteiger partial charge is 0.497 e. The van der Waals surface area contributed by atoms with Gasteiger partial charge < -0.3 is 10.1 Å². The van der Waals surface area contributed by atoms with Crippen LogP contribution in [0.25, 0.3) is 0 Å². The third-order valence-electron chi connectivity index (χ3n) is 2.18. The van der Waals surface area contributed by atoms with Crippen LogP contribution in [0.4, 0.5) is 5.69 Å². The first-order valence-electron chi connectivity index (χ1n) is 4.88. The van der Waals surface area contributed by atoms with E-state index in [0.717, 1.165) is 15.2 Å². The molecule has 0 saturated heterocycles. The van der Waals surface area contributed by atoms with Gasteiger partial charge in [-0.15, -0.1) is 11.3 Å². The van der Waals surface area contributed by atoms with E-state index < -0.39 is 0 Å². The Kier molecular flexibility index (Phi) is 3.81. The lowest BCUT2D eigenvalue weighted by Gasteiger charge is -2.04. The highest BCUT2D eigenvalue weighted by Crippen LogP contribution is 2.22. The summed E-state index contributed by atoms with van der Waals surface area (Å²) in [4.78, 5) is 11.8. The van der Waals surface area contributed by atoms with E-state index in [9.17, 15) is 4.79 Å². The van der Waals surface area contributed by atoms with E-state index in [-0.39, 0.29) is 5.91 Å². The second-order valence-corrected chi connectivity index (χ2v) is 5.61. The number of amides is 1. The zero-order chi connectivity index (χ0) is 12.3. The molecule has 0 spiro atoms. The molecule has 0 unspecified atom stereocenters. The standard InChI is InChI=1S/C12H10BrNO2S/c1-16-10-4-2-9(3-5-10)14-12(15)8-6-11(13)17-7-8/h2-7H,1H3,(H,14,15). The minimum Gasteiger partial charge on any atom is -0.497 e. The minimum atomic E-state index is -0.114. The smallest absolute Gasteiger partial charge is 0.256 e. The lowest BCUT2D eigenvalue weighted by Crippen LogP contribution is -2.10. The Hall–Kier alpha value is -1.33. The van der Waals surface area contributed by atoms with Crippen molar-refractivity contribution in [1.82, 2.24) is 0 Å². The quantitative estimate of drug-likeness (QED) is 0.937. The van der Waals surface area contributed by atoms with E-state index >= 15 is 0 Å². The van der Waals surface area contributed by atoms with Crippen LogP contribution in [0.3, 0.4) is 0 Å². The van der Waals surface area contributed by atoms with Crippen LogP contribution in [-0.2, 0) is 0 Å². The first kappa shape index (κ1) is 12.1. The summed E-state index contributed by atoms with van der Waals surface area (Å²) in [6, 6.07) is 9.01. The predicted molar refractivity (Wildman–Crippen MR) is 73.0 cm³/mol. The molecule has 0 radical (unpaired) electrons. The molecule has 1 aromatic heterocycles. The van der Waals surface area contributed by atoms with Crippen LogP contribution in [0.1, 0.15) is 10.4 Å². The third-order valence-corrected chi connectivity index (χ3v) is 3.68. The van der Waals surface area contributed by atoms with E-state index in [1.807, 2.05) is 5.38 Å². The molecule has 1 aromatic carbocycles. The Morgan fingerprint density at radius 3 is 2.59 bits per heavy atom. The number of rotatable bonds is 3. The van der Waals surface area contributed by atoms with Gasteiger partial charge in [0, 0.05) is 11.1 Å². The predicted octanol–water partition coefficient (Wildman–Crippen LogP) is 3.77.